The summed E-state index contributed by atoms with van der Waals surface area (Å²) in [6.07, 6.45) is 1.34. The van der Waals surface area contributed by atoms with E-state index in [2.05, 4.69) is 5.18 Å². The molecule has 330 valence electrons. The first-order valence-corrected chi connectivity index (χ1v) is 20.6. The molecule has 1 unspecified atom stereocenters. The molecule has 0 bridgehead atoms. The second-order valence-corrected chi connectivity index (χ2v) is 17.6. The van der Waals surface area contributed by atoms with Crippen molar-refractivity contribution in [1.82, 2.24) is 0 Å². The topological polar surface area (TPSA) is 204 Å². The number of benzene rings is 4. The maximum atomic E-state index is 14.7. The number of nitroso groups, excluding NO2 is 2. The first-order chi connectivity index (χ1) is 29.4. The molecule has 0 spiro atoms. The van der Waals surface area contributed by atoms with Gasteiger partial charge < -0.3 is 29.2 Å². The lowest BCUT2D eigenvalue weighted by molar-refractivity contribution is -0.428. The monoisotopic (exact) mass is 862 g/mol. The van der Waals surface area contributed by atoms with Gasteiger partial charge in [0.05, 0.1) is 16.1 Å². The van der Waals surface area contributed by atoms with Gasteiger partial charge >= 0.3 is 0 Å². The first kappa shape index (κ1) is 45.9. The fourth-order valence-corrected chi connectivity index (χ4v) is 8.37. The fraction of sp³-hybridized carbons (Fsp3) is 0.375. The summed E-state index contributed by atoms with van der Waals surface area (Å²) < 4.78 is 25.5. The number of carbonyl (C=O) groups excluding carboxylic acids is 2. The summed E-state index contributed by atoms with van der Waals surface area (Å²) >= 11 is 0. The Morgan fingerprint density at radius 1 is 0.714 bits per heavy atom. The van der Waals surface area contributed by atoms with Crippen molar-refractivity contribution >= 4 is 39.8 Å². The first-order valence-electron chi connectivity index (χ1n) is 20.6. The molecule has 63 heavy (non-hydrogen) atoms. The molecule has 2 N–H and O–H groups in total. The van der Waals surface area contributed by atoms with Crippen LogP contribution in [0.3, 0.4) is 0 Å². The van der Waals surface area contributed by atoms with Gasteiger partial charge in [-0.1, -0.05) is 19.1 Å². The van der Waals surface area contributed by atoms with E-state index in [9.17, 15) is 39.7 Å². The number of non-ortho nitro benzene ring substituents is 1. The zero-order chi connectivity index (χ0) is 46.4. The minimum atomic E-state index is -1.45. The van der Waals surface area contributed by atoms with Crippen molar-refractivity contribution < 1.29 is 48.4 Å². The van der Waals surface area contributed by atoms with E-state index in [0.29, 0.717) is 64.3 Å². The number of hydrogen-bond donors (Lipinski definition) is 2. The molecule has 2 aliphatic rings. The number of Topliss-reactive ketones (excluding diaryl/α,β-unsaturated/α-hetero) is 2. The van der Waals surface area contributed by atoms with Crippen molar-refractivity contribution in [3.8, 4) is 23.0 Å². The molecule has 0 saturated heterocycles. The van der Waals surface area contributed by atoms with Crippen LogP contribution in [0, 0.1) is 26.9 Å². The highest BCUT2D eigenvalue weighted by Crippen LogP contribution is 2.46. The molecule has 0 aromatic heterocycles. The van der Waals surface area contributed by atoms with E-state index in [1.165, 1.54) is 19.2 Å². The van der Waals surface area contributed by atoms with Crippen molar-refractivity contribution in [1.29, 1.82) is 0 Å². The van der Waals surface area contributed by atoms with Crippen molar-refractivity contribution in [3.63, 3.8) is 0 Å². The van der Waals surface area contributed by atoms with Gasteiger partial charge in [-0.15, -0.1) is 4.91 Å². The van der Waals surface area contributed by atoms with E-state index in [1.54, 1.807) is 104 Å². The van der Waals surface area contributed by atoms with Crippen LogP contribution in [0.25, 0.3) is 11.1 Å². The van der Waals surface area contributed by atoms with E-state index in [0.717, 1.165) is 10.8 Å². The number of aliphatic hydroxyl groups is 2. The highest BCUT2D eigenvalue weighted by molar-refractivity contribution is 6.27. The number of ketones is 2. The van der Waals surface area contributed by atoms with Crippen LogP contribution >= 0.6 is 0 Å². The average Bonchev–Trinajstić information content (AvgIpc) is 3.20. The van der Waals surface area contributed by atoms with Crippen LogP contribution in [0.2, 0.25) is 0 Å². The minimum Gasteiger partial charge on any atom is -0.508 e. The largest absolute Gasteiger partial charge is 0.508 e. The van der Waals surface area contributed by atoms with Crippen LogP contribution < -0.4 is 9.47 Å². The van der Waals surface area contributed by atoms with Gasteiger partial charge in [-0.3, -0.25) is 19.7 Å². The molecule has 0 fully saturated rings. The highest BCUT2D eigenvalue weighted by atomic mass is 16.6. The maximum absolute atomic E-state index is 14.7. The molecule has 0 amide bonds. The molecule has 2 heterocycles. The summed E-state index contributed by atoms with van der Waals surface area (Å²) in [4.78, 5) is 63.0. The summed E-state index contributed by atoms with van der Waals surface area (Å²) in [5, 5.41) is 37.5. The Balaban J connectivity index is 1.34. The number of rotatable bonds is 14. The summed E-state index contributed by atoms with van der Waals surface area (Å²) in [5.74, 6) is -0.436. The molecule has 4 aromatic rings. The Kier molecular flexibility index (Phi) is 12.4. The number of nitro groups is 1. The normalized spacial score (nSPS) is 19.2. The number of ether oxygens (including phenoxy) is 4. The van der Waals surface area contributed by atoms with E-state index in [1.807, 2.05) is 13.0 Å². The smallest absolute Gasteiger partial charge is 0.271 e. The van der Waals surface area contributed by atoms with Crippen LogP contribution in [0.1, 0.15) is 96.0 Å². The van der Waals surface area contributed by atoms with E-state index in [-0.39, 0.29) is 52.0 Å². The van der Waals surface area contributed by atoms with E-state index >= 15 is 0 Å². The van der Waals surface area contributed by atoms with E-state index in [4.69, 9.17) is 18.9 Å². The van der Waals surface area contributed by atoms with Gasteiger partial charge in [-0.05, 0) is 151 Å². The molecule has 4 aromatic carbocycles. The van der Waals surface area contributed by atoms with Crippen LogP contribution in [0.15, 0.2) is 89.5 Å². The number of hydrogen-bond acceptors (Lipinski definition) is 13. The van der Waals surface area contributed by atoms with Gasteiger partial charge in [0.15, 0.2) is 30.1 Å². The maximum Gasteiger partial charge on any atom is 0.271 e. The number of aryl methyl sites for hydroxylation is 3. The Morgan fingerprint density at radius 2 is 1.27 bits per heavy atom. The summed E-state index contributed by atoms with van der Waals surface area (Å²) in [5.41, 5.74) is -2.37. The molecule has 2 aliphatic heterocycles. The van der Waals surface area contributed by atoms with Gasteiger partial charge in [0.2, 0.25) is 0 Å². The summed E-state index contributed by atoms with van der Waals surface area (Å²) in [6.45, 7) is 15.4. The van der Waals surface area contributed by atoms with Gasteiger partial charge in [0, 0.05) is 33.4 Å². The van der Waals surface area contributed by atoms with Crippen molar-refractivity contribution in [2.75, 3.05) is 7.05 Å². The lowest BCUT2D eigenvalue weighted by Crippen LogP contribution is -2.51. The SMILES string of the molecule is CCc1ccc(Oc2ccc([N+](=O)[O-])cc2N=O)cc1C1=C(O)C(C)(C)OC(C)(CCCc2ccc(Oc3ccc([N+](C)=O)c(C)c3)cc2C2=C(O)C(C)(C)OC(C)(C)C2=O)C1=O. The number of carbonyl (C=O) groups is 2. The quantitative estimate of drug-likeness (QED) is 0.0526. The second kappa shape index (κ2) is 16.9. The number of nitro benzene ring substituents is 1. The predicted octanol–water partition coefficient (Wildman–Crippen LogP) is 11.3. The van der Waals surface area contributed by atoms with Gasteiger partial charge in [-0.25, -0.2) is 0 Å². The lowest BCUT2D eigenvalue weighted by atomic mass is 9.78. The molecule has 15 heteroatoms. The predicted molar refractivity (Wildman–Crippen MR) is 236 cm³/mol. The third kappa shape index (κ3) is 9.02. The molecule has 6 rings (SSSR count). The molecule has 0 aliphatic carbocycles. The number of aliphatic hydroxyl groups excluding tert-OH is 2. The Morgan fingerprint density at radius 3 is 1.86 bits per heavy atom. The third-order valence-corrected chi connectivity index (χ3v) is 11.5. The Labute approximate surface area is 365 Å². The van der Waals surface area contributed by atoms with Crippen LogP contribution in [-0.4, -0.2) is 60.9 Å². The summed E-state index contributed by atoms with van der Waals surface area (Å²) in [6, 6.07) is 18.7. The van der Waals surface area contributed by atoms with Crippen molar-refractivity contribution in [2.45, 2.75) is 110 Å². The zero-order valence-electron chi connectivity index (χ0n) is 37.1. The molecule has 0 radical (unpaired) electrons. The third-order valence-electron chi connectivity index (χ3n) is 11.5. The average molecular weight is 863 g/mol. The zero-order valence-corrected chi connectivity index (χ0v) is 37.1. The molecular formula is C48H52N3O12+. The standard InChI is InChI=1S/C48H51N3O12/c1-11-28-14-17-33(61-38-21-16-30(51(58)59)24-36(38)49-56)26-34(28)40-43(54)47(7,8)63-48(9,44(40)55)22-12-13-29-15-18-32(60-31-19-20-37(50(10)57)27(2)23-31)25-35(29)39-41(52)45(3,4)62-46(5,6)42(39)53/h14-21,23-26H,11-13,22H2,1-10H3,(H-,52,53,54,55)/p+1. The van der Waals surface area contributed by atoms with Crippen LogP contribution in [0.4, 0.5) is 17.1 Å². The van der Waals surface area contributed by atoms with Gasteiger partial charge in [0.25, 0.3) is 11.4 Å². The second-order valence-electron chi connectivity index (χ2n) is 17.6. The van der Waals surface area contributed by atoms with E-state index < -0.39 is 38.9 Å². The van der Waals surface area contributed by atoms with Crippen LogP contribution in [-0.2, 0) is 31.9 Å². The fourth-order valence-electron chi connectivity index (χ4n) is 8.37. The van der Waals surface area contributed by atoms with Crippen LogP contribution in [0.5, 0.6) is 23.0 Å². The summed E-state index contributed by atoms with van der Waals surface area (Å²) in [7, 11) is 1.41. The molecule has 15 nitrogen and oxygen atoms in total. The molecule has 1 atom stereocenters. The Bertz CT molecular complexity index is 2640. The molecular weight excluding hydrogens is 811 g/mol. The van der Waals surface area contributed by atoms with Crippen molar-refractivity contribution in [3.05, 3.63) is 132 Å². The highest BCUT2D eigenvalue weighted by Gasteiger charge is 2.50. The molecule has 0 saturated carbocycles. The lowest BCUT2D eigenvalue weighted by Gasteiger charge is -2.43. The van der Waals surface area contributed by atoms with Crippen molar-refractivity contribution in [2.24, 2.45) is 5.18 Å². The minimum absolute atomic E-state index is 0.0354. The van der Waals surface area contributed by atoms with Gasteiger partial charge in [0.1, 0.15) is 51.2 Å². The number of nitrogens with zero attached hydrogens (tertiary/aromatic N) is 3. The Hall–Kier alpha value is -6.58. The van der Waals surface area contributed by atoms with Gasteiger partial charge in [-0.2, -0.15) is 0 Å².